The van der Waals surface area contributed by atoms with Crippen LogP contribution in [0.2, 0.25) is 0 Å². The van der Waals surface area contributed by atoms with Gasteiger partial charge in [0.05, 0.1) is 13.2 Å². The fourth-order valence-corrected chi connectivity index (χ4v) is 8.51. The Labute approximate surface area is 288 Å². The minimum Gasteiger partial charge on any atom is -0.494 e. The van der Waals surface area contributed by atoms with Crippen LogP contribution in [0, 0.1) is 23.7 Å². The summed E-state index contributed by atoms with van der Waals surface area (Å²) < 4.78 is 12.2. The Morgan fingerprint density at radius 1 is 0.370 bits per heavy atom. The van der Waals surface area contributed by atoms with Gasteiger partial charge in [-0.05, 0) is 73.6 Å². The zero-order valence-electron chi connectivity index (χ0n) is 31.1. The quantitative estimate of drug-likeness (QED) is 0.0850. The van der Waals surface area contributed by atoms with Crippen molar-refractivity contribution in [2.24, 2.45) is 23.7 Å². The van der Waals surface area contributed by atoms with Gasteiger partial charge in [0.1, 0.15) is 11.5 Å². The average molecular weight is 639 g/mol. The van der Waals surface area contributed by atoms with Crippen LogP contribution in [-0.2, 0) is 0 Å². The Bertz CT molecular complexity index is 720. The lowest BCUT2D eigenvalue weighted by Crippen LogP contribution is -2.15. The summed E-state index contributed by atoms with van der Waals surface area (Å²) >= 11 is 0. The van der Waals surface area contributed by atoms with Crippen LogP contribution in [0.15, 0.2) is 24.3 Å². The molecule has 0 aromatic heterocycles. The summed E-state index contributed by atoms with van der Waals surface area (Å²) in [6.07, 6.45) is 42.9. The summed E-state index contributed by atoms with van der Waals surface area (Å²) in [6.45, 7) is 6.31. The third-order valence-corrected chi connectivity index (χ3v) is 11.7. The first kappa shape index (κ1) is 39.3. The third-order valence-electron chi connectivity index (χ3n) is 11.7. The molecule has 0 radical (unpaired) electrons. The van der Waals surface area contributed by atoms with E-state index in [1.807, 2.05) is 0 Å². The molecule has 46 heavy (non-hydrogen) atoms. The van der Waals surface area contributed by atoms with Gasteiger partial charge in [-0.3, -0.25) is 0 Å². The molecule has 0 heterocycles. The Morgan fingerprint density at radius 2 is 0.630 bits per heavy atom. The number of rotatable bonds is 28. The molecule has 266 valence electrons. The molecule has 0 N–H and O–H groups in total. The normalized spacial score (nSPS) is 21.8. The van der Waals surface area contributed by atoms with Gasteiger partial charge in [0.25, 0.3) is 0 Å². The van der Waals surface area contributed by atoms with Crippen molar-refractivity contribution in [2.45, 2.75) is 206 Å². The Kier molecular flexibility index (Phi) is 22.8. The molecule has 1 aromatic rings. The fourth-order valence-electron chi connectivity index (χ4n) is 8.51. The summed E-state index contributed by atoms with van der Waals surface area (Å²) in [7, 11) is 0. The minimum atomic E-state index is 0.847. The van der Waals surface area contributed by atoms with Crippen molar-refractivity contribution in [1.29, 1.82) is 0 Å². The van der Waals surface area contributed by atoms with Gasteiger partial charge in [0, 0.05) is 0 Å². The van der Waals surface area contributed by atoms with Crippen molar-refractivity contribution in [2.75, 3.05) is 13.2 Å². The largest absolute Gasteiger partial charge is 0.494 e. The van der Waals surface area contributed by atoms with E-state index >= 15 is 0 Å². The first-order valence-corrected chi connectivity index (χ1v) is 21.1. The molecule has 1 aromatic carbocycles. The zero-order valence-corrected chi connectivity index (χ0v) is 31.1. The molecule has 2 fully saturated rings. The summed E-state index contributed by atoms with van der Waals surface area (Å²) in [5.41, 5.74) is 0. The molecule has 2 saturated carbocycles. The number of hydrogen-bond donors (Lipinski definition) is 0. The predicted octanol–water partition coefficient (Wildman–Crippen LogP) is 14.7. The van der Waals surface area contributed by atoms with Crippen LogP contribution >= 0.6 is 0 Å². The van der Waals surface area contributed by atoms with Gasteiger partial charge in [0.2, 0.25) is 0 Å². The molecule has 2 aliphatic carbocycles. The second-order valence-corrected chi connectivity index (χ2v) is 15.8. The Morgan fingerprint density at radius 3 is 0.935 bits per heavy atom. The highest BCUT2D eigenvalue weighted by Crippen LogP contribution is 2.35. The van der Waals surface area contributed by atoms with E-state index in [9.17, 15) is 0 Å². The fraction of sp³-hybridized carbons (Fsp3) is 0.864. The zero-order chi connectivity index (χ0) is 32.3. The van der Waals surface area contributed by atoms with Crippen LogP contribution in [0.4, 0.5) is 0 Å². The number of hydrogen-bond acceptors (Lipinski definition) is 2. The molecule has 0 bridgehead atoms. The molecular weight excluding hydrogens is 560 g/mol. The van der Waals surface area contributed by atoms with Crippen LogP contribution in [0.25, 0.3) is 0 Å². The molecule has 0 atom stereocenters. The second-order valence-electron chi connectivity index (χ2n) is 15.8. The van der Waals surface area contributed by atoms with Crippen LogP contribution in [0.3, 0.4) is 0 Å². The third kappa shape index (κ3) is 19.0. The highest BCUT2D eigenvalue weighted by molar-refractivity contribution is 5.31. The van der Waals surface area contributed by atoms with Crippen molar-refractivity contribution >= 4 is 0 Å². The SMILES string of the molecule is CCCCCCCCCCC1CCC(CCCOc2ccc(OCCCC3CCC(CCCCCCCCCC)CC3)cc2)CC1. The molecular formula is C44H78O2. The maximum atomic E-state index is 6.09. The van der Waals surface area contributed by atoms with E-state index in [2.05, 4.69) is 38.1 Å². The van der Waals surface area contributed by atoms with E-state index in [1.54, 1.807) is 0 Å². The van der Waals surface area contributed by atoms with Gasteiger partial charge in [-0.2, -0.15) is 0 Å². The predicted molar refractivity (Wildman–Crippen MR) is 201 cm³/mol. The molecule has 2 nitrogen and oxygen atoms in total. The maximum Gasteiger partial charge on any atom is 0.119 e. The molecule has 2 heteroatoms. The molecule has 0 aliphatic heterocycles. The van der Waals surface area contributed by atoms with Gasteiger partial charge in [-0.25, -0.2) is 0 Å². The summed E-state index contributed by atoms with van der Waals surface area (Å²) in [4.78, 5) is 0. The maximum absolute atomic E-state index is 6.09. The molecule has 0 saturated heterocycles. The van der Waals surface area contributed by atoms with Gasteiger partial charge in [-0.1, -0.05) is 181 Å². The number of unbranched alkanes of at least 4 members (excludes halogenated alkanes) is 14. The molecule has 0 spiro atoms. The Balaban J connectivity index is 1.10. The average Bonchev–Trinajstić information content (AvgIpc) is 3.09. The standard InChI is InChI=1S/C44H78O2/c1-3-5-7-9-11-13-15-17-21-39-25-29-41(30-26-39)23-19-37-45-43-33-35-44(36-34-43)46-38-20-24-42-31-27-40(28-32-42)22-18-16-14-12-10-8-6-4-2/h33-36,39-42H,3-32,37-38H2,1-2H3. The summed E-state index contributed by atoms with van der Waals surface area (Å²) in [5, 5.41) is 0. The van der Waals surface area contributed by atoms with Crippen LogP contribution in [0.5, 0.6) is 11.5 Å². The van der Waals surface area contributed by atoms with Gasteiger partial charge < -0.3 is 9.47 Å². The van der Waals surface area contributed by atoms with E-state index in [0.717, 1.165) is 48.4 Å². The lowest BCUT2D eigenvalue weighted by Gasteiger charge is -2.28. The lowest BCUT2D eigenvalue weighted by atomic mass is 9.78. The van der Waals surface area contributed by atoms with Crippen molar-refractivity contribution in [1.82, 2.24) is 0 Å². The van der Waals surface area contributed by atoms with Crippen molar-refractivity contribution in [3.63, 3.8) is 0 Å². The van der Waals surface area contributed by atoms with Crippen LogP contribution in [0.1, 0.15) is 206 Å². The van der Waals surface area contributed by atoms with E-state index in [4.69, 9.17) is 9.47 Å². The van der Waals surface area contributed by atoms with Gasteiger partial charge >= 0.3 is 0 Å². The minimum absolute atomic E-state index is 0.847. The van der Waals surface area contributed by atoms with Crippen molar-refractivity contribution in [3.05, 3.63) is 24.3 Å². The molecule has 0 amide bonds. The second kappa shape index (κ2) is 26.7. The van der Waals surface area contributed by atoms with Crippen LogP contribution < -0.4 is 9.47 Å². The highest BCUT2D eigenvalue weighted by Gasteiger charge is 2.21. The topological polar surface area (TPSA) is 18.5 Å². The van der Waals surface area contributed by atoms with Gasteiger partial charge in [-0.15, -0.1) is 0 Å². The summed E-state index contributed by atoms with van der Waals surface area (Å²) in [5.74, 6) is 5.88. The summed E-state index contributed by atoms with van der Waals surface area (Å²) in [6, 6.07) is 8.39. The van der Waals surface area contributed by atoms with E-state index in [1.165, 1.54) is 193 Å². The first-order chi connectivity index (χ1) is 22.8. The molecule has 2 aliphatic rings. The lowest BCUT2D eigenvalue weighted by molar-refractivity contribution is 0.226. The van der Waals surface area contributed by atoms with Crippen molar-refractivity contribution in [3.8, 4) is 11.5 Å². The van der Waals surface area contributed by atoms with Gasteiger partial charge in [0.15, 0.2) is 0 Å². The van der Waals surface area contributed by atoms with E-state index in [-0.39, 0.29) is 0 Å². The van der Waals surface area contributed by atoms with Crippen LogP contribution in [-0.4, -0.2) is 13.2 Å². The Hall–Kier alpha value is -1.18. The van der Waals surface area contributed by atoms with E-state index < -0.39 is 0 Å². The number of ether oxygens (including phenoxy) is 2. The monoisotopic (exact) mass is 639 g/mol. The molecule has 0 unspecified atom stereocenters. The van der Waals surface area contributed by atoms with E-state index in [0.29, 0.717) is 0 Å². The molecule has 3 rings (SSSR count). The number of benzene rings is 1. The first-order valence-electron chi connectivity index (χ1n) is 21.1. The highest BCUT2D eigenvalue weighted by atomic mass is 16.5. The smallest absolute Gasteiger partial charge is 0.119 e. The van der Waals surface area contributed by atoms with Crippen molar-refractivity contribution < 1.29 is 9.47 Å².